The molecule has 5 heteroatoms. The zero-order valence-electron chi connectivity index (χ0n) is 10.7. The summed E-state index contributed by atoms with van der Waals surface area (Å²) < 4.78 is 0. The predicted molar refractivity (Wildman–Crippen MR) is 70.9 cm³/mol. The van der Waals surface area contributed by atoms with Gasteiger partial charge in [0.05, 0.1) is 17.3 Å². The molecular weight excluding hydrogens is 252 g/mol. The van der Waals surface area contributed by atoms with E-state index in [1.807, 2.05) is 19.9 Å². The molecule has 1 aliphatic rings. The minimum Gasteiger partial charge on any atom is -0.335 e. The van der Waals surface area contributed by atoms with Gasteiger partial charge in [-0.25, -0.2) is 0 Å². The number of likely N-dealkylation sites (N-methyl/N-ethyl adjacent to an activating group) is 1. The summed E-state index contributed by atoms with van der Waals surface area (Å²) in [4.78, 5) is 26.6. The maximum atomic E-state index is 12.0. The summed E-state index contributed by atoms with van der Waals surface area (Å²) in [6.07, 6.45) is 0. The van der Waals surface area contributed by atoms with E-state index in [0.717, 1.165) is 11.1 Å². The highest BCUT2D eigenvalue weighted by atomic mass is 35.5. The van der Waals surface area contributed by atoms with Gasteiger partial charge in [0.1, 0.15) is 6.54 Å². The van der Waals surface area contributed by atoms with Gasteiger partial charge in [-0.05, 0) is 31.0 Å². The third kappa shape index (κ3) is 2.20. The van der Waals surface area contributed by atoms with Gasteiger partial charge in [0, 0.05) is 7.05 Å². The minimum atomic E-state index is -0.106. The monoisotopic (exact) mass is 266 g/mol. The number of nitrogens with zero attached hydrogens (tertiary/aromatic N) is 2. The summed E-state index contributed by atoms with van der Waals surface area (Å²) in [5.41, 5.74) is 2.59. The van der Waals surface area contributed by atoms with Crippen molar-refractivity contribution >= 4 is 29.1 Å². The van der Waals surface area contributed by atoms with E-state index >= 15 is 0 Å². The molecule has 96 valence electrons. The van der Waals surface area contributed by atoms with Crippen LogP contribution in [0.15, 0.2) is 12.1 Å². The Morgan fingerprint density at radius 2 is 1.78 bits per heavy atom. The van der Waals surface area contributed by atoms with E-state index < -0.39 is 0 Å². The summed E-state index contributed by atoms with van der Waals surface area (Å²) in [6.45, 7) is 3.99. The molecule has 2 rings (SSSR count). The van der Waals surface area contributed by atoms with Crippen molar-refractivity contribution in [3.8, 4) is 0 Å². The molecule has 0 aromatic heterocycles. The molecule has 0 radical (unpaired) electrons. The predicted octanol–water partition coefficient (Wildman–Crippen LogP) is 1.76. The fourth-order valence-electron chi connectivity index (χ4n) is 2.17. The molecule has 1 aliphatic heterocycles. The van der Waals surface area contributed by atoms with E-state index in [2.05, 4.69) is 0 Å². The second-order valence-electron chi connectivity index (χ2n) is 4.64. The number of anilines is 1. The van der Waals surface area contributed by atoms with Crippen molar-refractivity contribution in [2.75, 3.05) is 25.0 Å². The fourth-order valence-corrected chi connectivity index (χ4v) is 2.60. The third-order valence-electron chi connectivity index (χ3n) is 3.06. The largest absolute Gasteiger partial charge is 0.335 e. The average Bonchev–Trinajstić information content (AvgIpc) is 2.24. The van der Waals surface area contributed by atoms with Crippen LogP contribution >= 0.6 is 11.6 Å². The van der Waals surface area contributed by atoms with Crippen LogP contribution in [-0.4, -0.2) is 36.9 Å². The quantitative estimate of drug-likeness (QED) is 0.777. The number of amides is 2. The Labute approximate surface area is 111 Å². The standard InChI is InChI=1S/C13H15ClN2O2/c1-8-4-9(2)13(10(14)5-8)16-7-11(17)15(3)6-12(16)18/h4-5H,6-7H2,1-3H3. The van der Waals surface area contributed by atoms with Crippen LogP contribution in [0.4, 0.5) is 5.69 Å². The van der Waals surface area contributed by atoms with Gasteiger partial charge in [-0.15, -0.1) is 0 Å². The highest BCUT2D eigenvalue weighted by molar-refractivity contribution is 6.34. The Kier molecular flexibility index (Phi) is 3.30. The Balaban J connectivity index is 2.43. The van der Waals surface area contributed by atoms with Crippen LogP contribution in [0.3, 0.4) is 0 Å². The van der Waals surface area contributed by atoms with Gasteiger partial charge in [0.15, 0.2) is 0 Å². The first kappa shape index (κ1) is 12.9. The summed E-state index contributed by atoms with van der Waals surface area (Å²) in [5, 5.41) is 0.512. The number of carbonyl (C=O) groups excluding carboxylic acids is 2. The average molecular weight is 267 g/mol. The lowest BCUT2D eigenvalue weighted by atomic mass is 10.1. The van der Waals surface area contributed by atoms with Crippen molar-refractivity contribution in [3.63, 3.8) is 0 Å². The van der Waals surface area contributed by atoms with E-state index in [1.54, 1.807) is 13.1 Å². The molecule has 0 saturated carbocycles. The van der Waals surface area contributed by atoms with Crippen LogP contribution < -0.4 is 4.90 Å². The lowest BCUT2D eigenvalue weighted by Gasteiger charge is -2.33. The molecule has 4 nitrogen and oxygen atoms in total. The topological polar surface area (TPSA) is 40.6 Å². The lowest BCUT2D eigenvalue weighted by Crippen LogP contribution is -2.52. The van der Waals surface area contributed by atoms with Crippen molar-refractivity contribution in [2.24, 2.45) is 0 Å². The maximum Gasteiger partial charge on any atom is 0.247 e. The Morgan fingerprint density at radius 3 is 2.39 bits per heavy atom. The number of piperazine rings is 1. The van der Waals surface area contributed by atoms with Gasteiger partial charge in [-0.3, -0.25) is 14.5 Å². The van der Waals surface area contributed by atoms with Crippen LogP contribution in [0.5, 0.6) is 0 Å². The number of hydrogen-bond donors (Lipinski definition) is 0. The molecule has 0 unspecified atom stereocenters. The molecule has 1 aromatic rings. The van der Waals surface area contributed by atoms with E-state index in [1.165, 1.54) is 9.80 Å². The van der Waals surface area contributed by atoms with Crippen molar-refractivity contribution in [3.05, 3.63) is 28.3 Å². The first-order valence-corrected chi connectivity index (χ1v) is 6.09. The highest BCUT2D eigenvalue weighted by Gasteiger charge is 2.30. The number of aryl methyl sites for hydroxylation is 2. The van der Waals surface area contributed by atoms with E-state index in [9.17, 15) is 9.59 Å². The summed E-state index contributed by atoms with van der Waals surface area (Å²) in [7, 11) is 1.63. The van der Waals surface area contributed by atoms with Gasteiger partial charge in [0.2, 0.25) is 11.8 Å². The molecule has 1 aromatic carbocycles. The van der Waals surface area contributed by atoms with Crippen LogP contribution in [-0.2, 0) is 9.59 Å². The van der Waals surface area contributed by atoms with E-state index in [4.69, 9.17) is 11.6 Å². The van der Waals surface area contributed by atoms with Gasteiger partial charge >= 0.3 is 0 Å². The Bertz CT molecular complexity index is 505. The van der Waals surface area contributed by atoms with E-state index in [0.29, 0.717) is 10.7 Å². The first-order valence-electron chi connectivity index (χ1n) is 5.71. The number of halogens is 1. The second-order valence-corrected chi connectivity index (χ2v) is 5.05. The Hall–Kier alpha value is -1.55. The van der Waals surface area contributed by atoms with E-state index in [-0.39, 0.29) is 24.9 Å². The third-order valence-corrected chi connectivity index (χ3v) is 3.35. The highest BCUT2D eigenvalue weighted by Crippen LogP contribution is 2.32. The van der Waals surface area contributed by atoms with Gasteiger partial charge in [-0.1, -0.05) is 17.7 Å². The van der Waals surface area contributed by atoms with Gasteiger partial charge in [-0.2, -0.15) is 0 Å². The van der Waals surface area contributed by atoms with Crippen LogP contribution in [0.25, 0.3) is 0 Å². The van der Waals surface area contributed by atoms with Crippen LogP contribution in [0.1, 0.15) is 11.1 Å². The normalized spacial score (nSPS) is 16.4. The summed E-state index contributed by atoms with van der Waals surface area (Å²) in [6, 6.07) is 3.76. The van der Waals surface area contributed by atoms with Crippen molar-refractivity contribution < 1.29 is 9.59 Å². The molecular formula is C13H15ClN2O2. The lowest BCUT2D eigenvalue weighted by molar-refractivity contribution is -0.136. The SMILES string of the molecule is Cc1cc(C)c(N2CC(=O)N(C)CC2=O)c(Cl)c1. The summed E-state index contributed by atoms with van der Waals surface area (Å²) >= 11 is 6.20. The zero-order valence-corrected chi connectivity index (χ0v) is 11.4. The summed E-state index contributed by atoms with van der Waals surface area (Å²) in [5.74, 6) is -0.184. The molecule has 1 saturated heterocycles. The molecule has 1 fully saturated rings. The van der Waals surface area contributed by atoms with Gasteiger partial charge in [0.25, 0.3) is 0 Å². The zero-order chi connectivity index (χ0) is 13.4. The van der Waals surface area contributed by atoms with Crippen molar-refractivity contribution in [1.29, 1.82) is 0 Å². The second kappa shape index (κ2) is 4.61. The molecule has 0 spiro atoms. The molecule has 18 heavy (non-hydrogen) atoms. The first-order chi connectivity index (χ1) is 8.40. The molecule has 0 aliphatic carbocycles. The van der Waals surface area contributed by atoms with Gasteiger partial charge < -0.3 is 4.90 Å². The molecule has 1 heterocycles. The number of rotatable bonds is 1. The molecule has 0 atom stereocenters. The fraction of sp³-hybridized carbons (Fsp3) is 0.385. The van der Waals surface area contributed by atoms with Crippen LogP contribution in [0, 0.1) is 13.8 Å². The Morgan fingerprint density at radius 1 is 1.11 bits per heavy atom. The van der Waals surface area contributed by atoms with Crippen LogP contribution in [0.2, 0.25) is 5.02 Å². The number of benzene rings is 1. The van der Waals surface area contributed by atoms with Crippen molar-refractivity contribution in [1.82, 2.24) is 4.90 Å². The minimum absolute atomic E-state index is 0.0545. The number of hydrogen-bond acceptors (Lipinski definition) is 2. The maximum absolute atomic E-state index is 12.0. The smallest absolute Gasteiger partial charge is 0.247 e. The molecule has 2 amide bonds. The molecule has 0 N–H and O–H groups in total. The number of carbonyl (C=O) groups is 2. The molecule has 0 bridgehead atoms. The van der Waals surface area contributed by atoms with Crippen molar-refractivity contribution in [2.45, 2.75) is 13.8 Å².